The van der Waals surface area contributed by atoms with Crippen molar-refractivity contribution in [2.45, 2.75) is 77.2 Å². The highest BCUT2D eigenvalue weighted by Crippen LogP contribution is 2.24. The van der Waals surface area contributed by atoms with Crippen LogP contribution in [0.5, 0.6) is 0 Å². The summed E-state index contributed by atoms with van der Waals surface area (Å²) in [6.45, 7) is 2.26. The molecule has 3 nitrogen and oxygen atoms in total. The first-order chi connectivity index (χ1) is 14.3. The summed E-state index contributed by atoms with van der Waals surface area (Å²) in [5, 5.41) is 3.35. The van der Waals surface area contributed by atoms with Gasteiger partial charge in [0.1, 0.15) is 5.76 Å². The first kappa shape index (κ1) is 21.4. The lowest BCUT2D eigenvalue weighted by atomic mass is 9.95. The summed E-state index contributed by atoms with van der Waals surface area (Å²) in [6, 6.07) is 9.01. The largest absolute Gasteiger partial charge is 0.425 e. The molecule has 1 aromatic rings. The predicted molar refractivity (Wildman–Crippen MR) is 119 cm³/mol. The lowest BCUT2D eigenvalue weighted by Crippen LogP contribution is -2.22. The quantitative estimate of drug-likeness (QED) is 0.279. The van der Waals surface area contributed by atoms with Gasteiger partial charge in [-0.2, -0.15) is 0 Å². The van der Waals surface area contributed by atoms with Crippen LogP contribution in [-0.2, 0) is 16.0 Å². The van der Waals surface area contributed by atoms with E-state index in [-0.39, 0.29) is 17.9 Å². The predicted octanol–water partition coefficient (Wildman–Crippen LogP) is 6.53. The maximum atomic E-state index is 12.3. The van der Waals surface area contributed by atoms with Crippen molar-refractivity contribution in [2.75, 3.05) is 0 Å². The Hall–Kier alpha value is -2.29. The zero-order valence-corrected chi connectivity index (χ0v) is 17.7. The third-order valence-electron chi connectivity index (χ3n) is 5.84. The summed E-state index contributed by atoms with van der Waals surface area (Å²) in [4.78, 5) is 12.3. The van der Waals surface area contributed by atoms with Crippen molar-refractivity contribution in [1.82, 2.24) is 5.32 Å². The Morgan fingerprint density at radius 2 is 1.86 bits per heavy atom. The lowest BCUT2D eigenvalue weighted by molar-refractivity contribution is -0.144. The van der Waals surface area contributed by atoms with Crippen molar-refractivity contribution in [1.29, 1.82) is 0 Å². The number of aryl methyl sites for hydroxylation is 1. The Balaban J connectivity index is 1.41. The number of hydrogen-bond acceptors (Lipinski definition) is 3. The molecular weight excluding hydrogens is 358 g/mol. The fourth-order valence-corrected chi connectivity index (χ4v) is 3.95. The molecular formula is C26H35NO2. The number of ether oxygens (including phenoxy) is 1. The van der Waals surface area contributed by atoms with Crippen LogP contribution in [0.4, 0.5) is 0 Å². The third kappa shape index (κ3) is 6.92. The van der Waals surface area contributed by atoms with E-state index >= 15 is 0 Å². The topological polar surface area (TPSA) is 38.3 Å². The number of allylic oxidation sites excluding steroid dienone is 3. The minimum Gasteiger partial charge on any atom is -0.425 e. The minimum absolute atomic E-state index is 0.00814. The van der Waals surface area contributed by atoms with Crippen LogP contribution >= 0.6 is 0 Å². The second-order valence-electron chi connectivity index (χ2n) is 8.21. The summed E-state index contributed by atoms with van der Waals surface area (Å²) >= 11 is 0. The second-order valence-corrected chi connectivity index (χ2v) is 8.21. The van der Waals surface area contributed by atoms with Crippen LogP contribution in [0, 0.1) is 5.92 Å². The van der Waals surface area contributed by atoms with Gasteiger partial charge in [-0.25, -0.2) is 0 Å². The summed E-state index contributed by atoms with van der Waals surface area (Å²) in [6.07, 6.45) is 21.8. The minimum atomic E-state index is -0.121. The van der Waals surface area contributed by atoms with Crippen LogP contribution in [0.2, 0.25) is 0 Å². The molecule has 0 aromatic heterocycles. The lowest BCUT2D eigenvalue weighted by Gasteiger charge is -2.21. The molecule has 0 radical (unpaired) electrons. The van der Waals surface area contributed by atoms with Crippen LogP contribution in [0.25, 0.3) is 0 Å². The maximum Gasteiger partial charge on any atom is 0.314 e. The zero-order valence-electron chi connectivity index (χ0n) is 17.7. The molecule has 1 aromatic carbocycles. The smallest absolute Gasteiger partial charge is 0.314 e. The molecule has 0 bridgehead atoms. The van der Waals surface area contributed by atoms with E-state index in [1.54, 1.807) is 0 Å². The fraction of sp³-hybridized carbons (Fsp3) is 0.500. The van der Waals surface area contributed by atoms with Gasteiger partial charge in [0.2, 0.25) is 0 Å². The summed E-state index contributed by atoms with van der Waals surface area (Å²) in [7, 11) is 0. The Bertz CT molecular complexity index is 730. The van der Waals surface area contributed by atoms with Gasteiger partial charge in [0.25, 0.3) is 0 Å². The molecule has 3 heteroatoms. The van der Waals surface area contributed by atoms with Gasteiger partial charge in [-0.15, -0.1) is 0 Å². The molecule has 0 saturated heterocycles. The van der Waals surface area contributed by atoms with Crippen molar-refractivity contribution in [3.05, 3.63) is 71.7 Å². The molecule has 156 valence electrons. The van der Waals surface area contributed by atoms with Gasteiger partial charge in [0, 0.05) is 6.20 Å². The molecule has 29 heavy (non-hydrogen) atoms. The van der Waals surface area contributed by atoms with E-state index in [2.05, 4.69) is 54.7 Å². The average molecular weight is 394 g/mol. The standard InChI is InChI=1S/C26H35NO2/c1-2-3-4-5-6-8-11-21-14-16-22(17-15-21)25-19-18-24(20-27-25)29-26(28)23-12-9-7-10-13-23/h7,9,14-20,23,25,27H,2-6,8,10-13H2,1H3. The average Bonchev–Trinajstić information content (AvgIpc) is 2.78. The number of rotatable bonds is 10. The van der Waals surface area contributed by atoms with Crippen LogP contribution in [0.15, 0.2) is 60.5 Å². The molecule has 2 unspecified atom stereocenters. The Kier molecular flexibility index (Phi) is 8.60. The zero-order chi connectivity index (χ0) is 20.3. The molecule has 0 fully saturated rings. The highest BCUT2D eigenvalue weighted by Gasteiger charge is 2.22. The molecule has 2 atom stereocenters. The molecule has 1 aliphatic heterocycles. The molecule has 1 aliphatic carbocycles. The number of nitrogens with one attached hydrogen (secondary N) is 1. The van der Waals surface area contributed by atoms with Crippen LogP contribution in [-0.4, -0.2) is 5.97 Å². The van der Waals surface area contributed by atoms with E-state index in [4.69, 9.17) is 4.74 Å². The number of hydrogen-bond donors (Lipinski definition) is 1. The summed E-state index contributed by atoms with van der Waals surface area (Å²) in [5.74, 6) is 0.469. The molecule has 3 rings (SSSR count). The molecule has 0 amide bonds. The number of carbonyl (C=O) groups is 1. The van der Waals surface area contributed by atoms with Crippen LogP contribution < -0.4 is 5.32 Å². The van der Waals surface area contributed by atoms with Gasteiger partial charge < -0.3 is 10.1 Å². The fourth-order valence-electron chi connectivity index (χ4n) is 3.95. The van der Waals surface area contributed by atoms with E-state index in [0.717, 1.165) is 25.7 Å². The highest BCUT2D eigenvalue weighted by atomic mass is 16.5. The van der Waals surface area contributed by atoms with Gasteiger partial charge >= 0.3 is 5.97 Å². The molecule has 0 saturated carbocycles. The highest BCUT2D eigenvalue weighted by molar-refractivity contribution is 5.74. The van der Waals surface area contributed by atoms with Crippen LogP contribution in [0.1, 0.15) is 81.9 Å². The number of unbranched alkanes of at least 4 members (excludes halogenated alkanes) is 5. The molecule has 0 spiro atoms. The second kappa shape index (κ2) is 11.6. The summed E-state index contributed by atoms with van der Waals surface area (Å²) in [5.41, 5.74) is 2.64. The van der Waals surface area contributed by atoms with Crippen molar-refractivity contribution in [3.8, 4) is 0 Å². The van der Waals surface area contributed by atoms with Gasteiger partial charge in [0.15, 0.2) is 0 Å². The third-order valence-corrected chi connectivity index (χ3v) is 5.84. The van der Waals surface area contributed by atoms with Crippen LogP contribution in [0.3, 0.4) is 0 Å². The first-order valence-electron chi connectivity index (χ1n) is 11.4. The van der Waals surface area contributed by atoms with E-state index in [1.807, 2.05) is 12.3 Å². The number of carbonyl (C=O) groups excluding carboxylic acids is 1. The van der Waals surface area contributed by atoms with E-state index < -0.39 is 0 Å². The number of dihydropyridines is 1. The molecule has 1 N–H and O–H groups in total. The normalized spacial score (nSPS) is 20.8. The monoisotopic (exact) mass is 393 g/mol. The van der Waals surface area contributed by atoms with Crippen molar-refractivity contribution < 1.29 is 9.53 Å². The number of benzene rings is 1. The van der Waals surface area contributed by atoms with Gasteiger partial charge in [0.05, 0.1) is 12.0 Å². The van der Waals surface area contributed by atoms with E-state index in [9.17, 15) is 4.79 Å². The Morgan fingerprint density at radius 1 is 1.07 bits per heavy atom. The van der Waals surface area contributed by atoms with Crippen molar-refractivity contribution >= 4 is 5.97 Å². The first-order valence-corrected chi connectivity index (χ1v) is 11.4. The molecule has 1 heterocycles. The van der Waals surface area contributed by atoms with Gasteiger partial charge in [-0.05, 0) is 49.3 Å². The maximum absolute atomic E-state index is 12.3. The summed E-state index contributed by atoms with van der Waals surface area (Å²) < 4.78 is 5.55. The van der Waals surface area contributed by atoms with Gasteiger partial charge in [-0.1, -0.05) is 81.5 Å². The Labute approximate surface area is 175 Å². The van der Waals surface area contributed by atoms with E-state index in [0.29, 0.717) is 5.76 Å². The van der Waals surface area contributed by atoms with Crippen molar-refractivity contribution in [2.24, 2.45) is 5.92 Å². The van der Waals surface area contributed by atoms with Crippen molar-refractivity contribution in [3.63, 3.8) is 0 Å². The van der Waals surface area contributed by atoms with Gasteiger partial charge in [-0.3, -0.25) is 4.79 Å². The SMILES string of the molecule is CCCCCCCCc1ccc(C2C=CC(OC(=O)C3CC=CCC3)=CN2)cc1. The number of esters is 1. The molecule has 2 aliphatic rings. The van der Waals surface area contributed by atoms with E-state index in [1.165, 1.54) is 49.7 Å². The Morgan fingerprint density at radius 3 is 2.55 bits per heavy atom.